The lowest BCUT2D eigenvalue weighted by molar-refractivity contribution is -0.135. The molecule has 2 fully saturated rings. The number of nitriles is 1. The van der Waals surface area contributed by atoms with Crippen molar-refractivity contribution in [3.05, 3.63) is 29.8 Å². The van der Waals surface area contributed by atoms with Crippen LogP contribution in [0.15, 0.2) is 24.3 Å². The molecule has 3 rings (SSSR count). The molecule has 2 aliphatic rings. The van der Waals surface area contributed by atoms with Gasteiger partial charge in [0.05, 0.1) is 16.5 Å². The predicted molar refractivity (Wildman–Crippen MR) is 80.5 cm³/mol. The molecule has 2 amide bonds. The normalized spacial score (nSPS) is 27.3. The summed E-state index contributed by atoms with van der Waals surface area (Å²) in [6, 6.07) is 8.39. The SMILES string of the molecule is CC12CCC(=O)N1C(C(=O)Nc1cccc(C#N)c1)CS2. The third-order valence-corrected chi connectivity index (χ3v) is 5.51. The summed E-state index contributed by atoms with van der Waals surface area (Å²) in [7, 11) is 0. The first kappa shape index (κ1) is 14.0. The highest BCUT2D eigenvalue weighted by atomic mass is 32.2. The van der Waals surface area contributed by atoms with E-state index in [-0.39, 0.29) is 16.7 Å². The molecule has 108 valence electrons. The minimum atomic E-state index is -0.430. The molecule has 0 radical (unpaired) electrons. The Morgan fingerprint density at radius 2 is 2.38 bits per heavy atom. The number of benzene rings is 1. The number of nitrogens with one attached hydrogen (secondary N) is 1. The van der Waals surface area contributed by atoms with Crippen molar-refractivity contribution in [3.63, 3.8) is 0 Å². The van der Waals surface area contributed by atoms with E-state index in [1.165, 1.54) is 0 Å². The molecule has 0 bridgehead atoms. The number of anilines is 1. The molecule has 2 heterocycles. The van der Waals surface area contributed by atoms with Crippen molar-refractivity contribution in [2.24, 2.45) is 0 Å². The zero-order valence-corrected chi connectivity index (χ0v) is 12.4. The van der Waals surface area contributed by atoms with Gasteiger partial charge in [-0.1, -0.05) is 6.07 Å². The summed E-state index contributed by atoms with van der Waals surface area (Å²) >= 11 is 1.67. The van der Waals surface area contributed by atoms with Crippen molar-refractivity contribution in [3.8, 4) is 6.07 Å². The van der Waals surface area contributed by atoms with Gasteiger partial charge < -0.3 is 10.2 Å². The highest BCUT2D eigenvalue weighted by Crippen LogP contribution is 2.47. The third-order valence-electron chi connectivity index (χ3n) is 4.01. The Bertz CT molecular complexity index is 655. The standard InChI is InChI=1S/C15H15N3O2S/c1-15-6-5-13(19)18(15)12(9-21-15)14(20)17-11-4-2-3-10(7-11)8-16/h2-4,7,12H,5-6,9H2,1H3,(H,17,20). The largest absolute Gasteiger partial charge is 0.324 e. The van der Waals surface area contributed by atoms with Gasteiger partial charge in [0, 0.05) is 17.9 Å². The number of nitrogens with zero attached hydrogens (tertiary/aromatic N) is 2. The fraction of sp³-hybridized carbons (Fsp3) is 0.400. The van der Waals surface area contributed by atoms with Crippen LogP contribution in [0.2, 0.25) is 0 Å². The molecule has 0 saturated carbocycles. The molecule has 2 unspecified atom stereocenters. The highest BCUT2D eigenvalue weighted by molar-refractivity contribution is 8.01. The molecular formula is C15H15N3O2S. The lowest BCUT2D eigenvalue weighted by Crippen LogP contribution is -2.48. The van der Waals surface area contributed by atoms with Crippen molar-refractivity contribution in [2.45, 2.75) is 30.7 Å². The Morgan fingerprint density at radius 3 is 3.14 bits per heavy atom. The molecular weight excluding hydrogens is 286 g/mol. The number of amides is 2. The van der Waals surface area contributed by atoms with Crippen LogP contribution in [0.4, 0.5) is 5.69 Å². The lowest BCUT2D eigenvalue weighted by atomic mass is 10.2. The summed E-state index contributed by atoms with van der Waals surface area (Å²) in [5.41, 5.74) is 1.08. The Hall–Kier alpha value is -2.00. The molecule has 0 aromatic heterocycles. The minimum Gasteiger partial charge on any atom is -0.324 e. The minimum absolute atomic E-state index is 0.0495. The van der Waals surface area contributed by atoms with E-state index < -0.39 is 6.04 Å². The topological polar surface area (TPSA) is 73.2 Å². The van der Waals surface area contributed by atoms with Crippen LogP contribution in [0.3, 0.4) is 0 Å². The second-order valence-electron chi connectivity index (χ2n) is 5.45. The molecule has 1 N–H and O–H groups in total. The molecule has 0 spiro atoms. The van der Waals surface area contributed by atoms with Gasteiger partial charge in [0.25, 0.3) is 0 Å². The van der Waals surface area contributed by atoms with E-state index in [4.69, 9.17) is 5.26 Å². The molecule has 2 atom stereocenters. The van der Waals surface area contributed by atoms with Gasteiger partial charge in [0.1, 0.15) is 6.04 Å². The van der Waals surface area contributed by atoms with E-state index in [1.54, 1.807) is 40.9 Å². The Morgan fingerprint density at radius 1 is 1.57 bits per heavy atom. The van der Waals surface area contributed by atoms with Crippen LogP contribution in [-0.2, 0) is 9.59 Å². The van der Waals surface area contributed by atoms with Crippen LogP contribution in [0, 0.1) is 11.3 Å². The summed E-state index contributed by atoms with van der Waals surface area (Å²) in [5, 5.41) is 11.7. The van der Waals surface area contributed by atoms with Gasteiger partial charge in [0.15, 0.2) is 0 Å². The van der Waals surface area contributed by atoms with Gasteiger partial charge in [0.2, 0.25) is 11.8 Å². The number of thioether (sulfide) groups is 1. The number of rotatable bonds is 2. The predicted octanol–water partition coefficient (Wildman–Crippen LogP) is 1.95. The van der Waals surface area contributed by atoms with Crippen LogP contribution in [0.1, 0.15) is 25.3 Å². The summed E-state index contributed by atoms with van der Waals surface area (Å²) in [6.07, 6.45) is 1.31. The fourth-order valence-corrected chi connectivity index (χ4v) is 4.34. The van der Waals surface area contributed by atoms with Gasteiger partial charge >= 0.3 is 0 Å². The first-order valence-electron chi connectivity index (χ1n) is 6.81. The van der Waals surface area contributed by atoms with Crippen LogP contribution in [0.5, 0.6) is 0 Å². The van der Waals surface area contributed by atoms with E-state index in [2.05, 4.69) is 5.32 Å². The quantitative estimate of drug-likeness (QED) is 0.906. The van der Waals surface area contributed by atoms with Gasteiger partial charge in [-0.3, -0.25) is 9.59 Å². The van der Waals surface area contributed by atoms with Crippen molar-refractivity contribution in [2.75, 3.05) is 11.1 Å². The number of hydrogen-bond acceptors (Lipinski definition) is 4. The van der Waals surface area contributed by atoms with Crippen LogP contribution < -0.4 is 5.32 Å². The average molecular weight is 301 g/mol. The average Bonchev–Trinajstić information content (AvgIpc) is 2.96. The van der Waals surface area contributed by atoms with Crippen molar-refractivity contribution < 1.29 is 9.59 Å². The van der Waals surface area contributed by atoms with E-state index in [9.17, 15) is 9.59 Å². The first-order chi connectivity index (χ1) is 10.0. The number of fused-ring (bicyclic) bond motifs is 1. The van der Waals surface area contributed by atoms with Gasteiger partial charge in [-0.05, 0) is 31.5 Å². The zero-order chi connectivity index (χ0) is 15.0. The number of hydrogen-bond donors (Lipinski definition) is 1. The maximum Gasteiger partial charge on any atom is 0.248 e. The van der Waals surface area contributed by atoms with Crippen LogP contribution >= 0.6 is 11.8 Å². The molecule has 21 heavy (non-hydrogen) atoms. The molecule has 2 saturated heterocycles. The van der Waals surface area contributed by atoms with Gasteiger partial charge in [-0.15, -0.1) is 11.8 Å². The number of carbonyl (C=O) groups excluding carboxylic acids is 2. The molecule has 2 aliphatic heterocycles. The van der Waals surface area contributed by atoms with Gasteiger partial charge in [-0.25, -0.2) is 0 Å². The van der Waals surface area contributed by atoms with Crippen LogP contribution in [0.25, 0.3) is 0 Å². The molecule has 5 nitrogen and oxygen atoms in total. The van der Waals surface area contributed by atoms with Gasteiger partial charge in [-0.2, -0.15) is 5.26 Å². The smallest absolute Gasteiger partial charge is 0.248 e. The highest BCUT2D eigenvalue weighted by Gasteiger charge is 2.52. The Kier molecular flexibility index (Phi) is 3.38. The summed E-state index contributed by atoms with van der Waals surface area (Å²) in [5.74, 6) is 0.483. The summed E-state index contributed by atoms with van der Waals surface area (Å²) in [4.78, 5) is 25.9. The summed E-state index contributed by atoms with van der Waals surface area (Å²) < 4.78 is 0. The van der Waals surface area contributed by atoms with Crippen molar-refractivity contribution in [1.82, 2.24) is 4.90 Å². The Balaban J connectivity index is 1.77. The fourth-order valence-electron chi connectivity index (χ4n) is 2.91. The van der Waals surface area contributed by atoms with Crippen molar-refractivity contribution in [1.29, 1.82) is 5.26 Å². The first-order valence-corrected chi connectivity index (χ1v) is 7.79. The lowest BCUT2D eigenvalue weighted by Gasteiger charge is -2.29. The monoisotopic (exact) mass is 301 g/mol. The van der Waals surface area contributed by atoms with E-state index in [0.717, 1.165) is 6.42 Å². The molecule has 0 aliphatic carbocycles. The van der Waals surface area contributed by atoms with E-state index in [1.807, 2.05) is 13.0 Å². The molecule has 1 aromatic rings. The maximum atomic E-state index is 12.4. The Labute approximate surface area is 127 Å². The third kappa shape index (κ3) is 2.38. The number of carbonyl (C=O) groups is 2. The van der Waals surface area contributed by atoms with E-state index in [0.29, 0.717) is 23.4 Å². The van der Waals surface area contributed by atoms with Crippen LogP contribution in [-0.4, -0.2) is 33.4 Å². The molecule has 1 aromatic carbocycles. The second-order valence-corrected chi connectivity index (χ2v) is 6.95. The summed E-state index contributed by atoms with van der Waals surface area (Å²) in [6.45, 7) is 2.02. The zero-order valence-electron chi connectivity index (χ0n) is 11.6. The maximum absolute atomic E-state index is 12.4. The molecule has 6 heteroatoms. The van der Waals surface area contributed by atoms with E-state index >= 15 is 0 Å². The second kappa shape index (κ2) is 5.08. The van der Waals surface area contributed by atoms with Crippen molar-refractivity contribution >= 4 is 29.3 Å².